The molecule has 0 heterocycles. The first-order chi connectivity index (χ1) is 11.6. The molecule has 2 aromatic rings. The van der Waals surface area contributed by atoms with Gasteiger partial charge in [0.2, 0.25) is 0 Å². The van der Waals surface area contributed by atoms with E-state index in [1.54, 1.807) is 42.5 Å². The van der Waals surface area contributed by atoms with Crippen molar-refractivity contribution in [3.8, 4) is 11.8 Å². The van der Waals surface area contributed by atoms with Crippen molar-refractivity contribution in [2.45, 2.75) is 13.5 Å². The minimum Gasteiger partial charge on any atom is -0.494 e. The Morgan fingerprint density at radius 3 is 2.54 bits per heavy atom. The van der Waals surface area contributed by atoms with Crippen LogP contribution in [-0.2, 0) is 16.1 Å². The van der Waals surface area contributed by atoms with Crippen molar-refractivity contribution in [3.63, 3.8) is 0 Å². The Kier molecular flexibility index (Phi) is 6.09. The molecule has 0 saturated heterocycles. The highest BCUT2D eigenvalue weighted by molar-refractivity contribution is 5.97. The lowest BCUT2D eigenvalue weighted by Gasteiger charge is -2.05. The number of nitrogens with zero attached hydrogens (tertiary/aromatic N) is 1. The minimum atomic E-state index is -0.797. The fourth-order valence-electron chi connectivity index (χ4n) is 1.97. The summed E-state index contributed by atoms with van der Waals surface area (Å²) in [5.41, 5.74) is 0.762. The highest BCUT2D eigenvalue weighted by atomic mass is 19.1. The molecule has 0 atom stereocenters. The van der Waals surface area contributed by atoms with Crippen LogP contribution in [0.3, 0.4) is 0 Å². The average Bonchev–Trinajstić information content (AvgIpc) is 2.60. The second-order valence-electron chi connectivity index (χ2n) is 4.84. The van der Waals surface area contributed by atoms with Gasteiger partial charge in [-0.05, 0) is 36.8 Å². The number of nitriles is 1. The molecule has 2 rings (SSSR count). The lowest BCUT2D eigenvalue weighted by molar-refractivity contribution is -0.139. The van der Waals surface area contributed by atoms with Crippen molar-refractivity contribution in [2.24, 2.45) is 0 Å². The molecule has 0 aliphatic carbocycles. The minimum absolute atomic E-state index is 0.157. The summed E-state index contributed by atoms with van der Waals surface area (Å²) in [6.45, 7) is 2.21. The van der Waals surface area contributed by atoms with Crippen molar-refractivity contribution in [2.75, 3.05) is 6.61 Å². The van der Waals surface area contributed by atoms with Gasteiger partial charge in [-0.1, -0.05) is 30.3 Å². The molecule has 0 unspecified atom stereocenters. The lowest BCUT2D eigenvalue weighted by Crippen LogP contribution is -2.07. The summed E-state index contributed by atoms with van der Waals surface area (Å²) in [5.74, 6) is -0.552. The zero-order valence-corrected chi connectivity index (χ0v) is 13.2. The van der Waals surface area contributed by atoms with E-state index in [1.807, 2.05) is 6.92 Å². The Hall–Kier alpha value is -3.13. The van der Waals surface area contributed by atoms with Gasteiger partial charge in [-0.15, -0.1) is 0 Å². The van der Waals surface area contributed by atoms with Gasteiger partial charge in [0.25, 0.3) is 0 Å². The second-order valence-corrected chi connectivity index (χ2v) is 4.84. The van der Waals surface area contributed by atoms with E-state index >= 15 is 0 Å². The van der Waals surface area contributed by atoms with Crippen LogP contribution >= 0.6 is 0 Å². The van der Waals surface area contributed by atoms with E-state index in [1.165, 1.54) is 18.2 Å². The first-order valence-electron chi connectivity index (χ1n) is 7.39. The van der Waals surface area contributed by atoms with Crippen LogP contribution in [0.25, 0.3) is 6.08 Å². The molecule has 0 amide bonds. The maximum absolute atomic E-state index is 13.5. The Morgan fingerprint density at radius 2 is 1.92 bits per heavy atom. The summed E-state index contributed by atoms with van der Waals surface area (Å²) in [6.07, 6.45) is 1.42. The van der Waals surface area contributed by atoms with Gasteiger partial charge in [-0.25, -0.2) is 9.18 Å². The lowest BCUT2D eigenvalue weighted by atomic mass is 10.1. The molecule has 0 aliphatic rings. The summed E-state index contributed by atoms with van der Waals surface area (Å²) < 4.78 is 23.8. The third-order valence-corrected chi connectivity index (χ3v) is 3.16. The van der Waals surface area contributed by atoms with Gasteiger partial charge in [0, 0.05) is 5.56 Å². The van der Waals surface area contributed by atoms with Crippen LogP contribution in [0.5, 0.6) is 5.75 Å². The predicted molar refractivity (Wildman–Crippen MR) is 87.4 cm³/mol. The zero-order chi connectivity index (χ0) is 17.4. The number of hydrogen-bond acceptors (Lipinski definition) is 4. The third-order valence-electron chi connectivity index (χ3n) is 3.16. The highest BCUT2D eigenvalue weighted by Crippen LogP contribution is 2.15. The van der Waals surface area contributed by atoms with Gasteiger partial charge in [-0.3, -0.25) is 0 Å². The van der Waals surface area contributed by atoms with Crippen molar-refractivity contribution < 1.29 is 18.7 Å². The number of carbonyl (C=O) groups excluding carboxylic acids is 1. The van der Waals surface area contributed by atoms with E-state index in [4.69, 9.17) is 14.7 Å². The van der Waals surface area contributed by atoms with Gasteiger partial charge in [0.15, 0.2) is 0 Å². The van der Waals surface area contributed by atoms with E-state index in [9.17, 15) is 9.18 Å². The largest absolute Gasteiger partial charge is 0.494 e. The number of benzene rings is 2. The molecule has 0 radical (unpaired) electrons. The Morgan fingerprint density at radius 1 is 1.21 bits per heavy atom. The molecule has 122 valence electrons. The van der Waals surface area contributed by atoms with Crippen LogP contribution in [0.4, 0.5) is 4.39 Å². The molecule has 0 bridgehead atoms. The Bertz CT molecular complexity index is 776. The molecule has 0 aliphatic heterocycles. The molecule has 24 heavy (non-hydrogen) atoms. The molecule has 0 N–H and O–H groups in total. The van der Waals surface area contributed by atoms with Crippen molar-refractivity contribution >= 4 is 12.0 Å². The third kappa shape index (κ3) is 4.68. The molecule has 5 heteroatoms. The monoisotopic (exact) mass is 325 g/mol. The molecule has 2 aromatic carbocycles. The molecule has 0 aromatic heterocycles. The number of rotatable bonds is 6. The van der Waals surface area contributed by atoms with E-state index in [2.05, 4.69) is 0 Å². The van der Waals surface area contributed by atoms with Crippen LogP contribution in [0.2, 0.25) is 0 Å². The molecule has 0 fully saturated rings. The van der Waals surface area contributed by atoms with Crippen molar-refractivity contribution in [3.05, 3.63) is 71.0 Å². The average molecular weight is 325 g/mol. The quantitative estimate of drug-likeness (QED) is 0.459. The summed E-state index contributed by atoms with van der Waals surface area (Å²) in [6, 6.07) is 14.7. The topological polar surface area (TPSA) is 59.3 Å². The summed E-state index contributed by atoms with van der Waals surface area (Å²) in [4.78, 5) is 12.0. The van der Waals surface area contributed by atoms with E-state index in [0.717, 1.165) is 0 Å². The van der Waals surface area contributed by atoms with E-state index in [0.29, 0.717) is 17.9 Å². The maximum Gasteiger partial charge on any atom is 0.349 e. The molecular formula is C19H16FNO3. The van der Waals surface area contributed by atoms with Crippen LogP contribution in [0.1, 0.15) is 18.1 Å². The molecule has 4 nitrogen and oxygen atoms in total. The normalized spacial score (nSPS) is 10.8. The zero-order valence-electron chi connectivity index (χ0n) is 13.2. The van der Waals surface area contributed by atoms with Crippen LogP contribution < -0.4 is 4.74 Å². The Balaban J connectivity index is 2.05. The summed E-state index contributed by atoms with van der Waals surface area (Å²) >= 11 is 0. The van der Waals surface area contributed by atoms with Crippen LogP contribution in [0, 0.1) is 17.1 Å². The van der Waals surface area contributed by atoms with Crippen molar-refractivity contribution in [1.29, 1.82) is 5.26 Å². The SMILES string of the molecule is CCOc1ccc(/C=C(\C#N)C(=O)OCc2ccccc2F)cc1. The number of ether oxygens (including phenoxy) is 2. The second kappa shape index (κ2) is 8.49. The number of hydrogen-bond donors (Lipinski definition) is 0. The fraction of sp³-hybridized carbons (Fsp3) is 0.158. The number of esters is 1. The fourth-order valence-corrected chi connectivity index (χ4v) is 1.97. The van der Waals surface area contributed by atoms with E-state index < -0.39 is 11.8 Å². The van der Waals surface area contributed by atoms with Crippen LogP contribution in [0.15, 0.2) is 54.1 Å². The Labute approximate surface area is 139 Å². The van der Waals surface area contributed by atoms with Gasteiger partial charge < -0.3 is 9.47 Å². The van der Waals surface area contributed by atoms with Crippen LogP contribution in [-0.4, -0.2) is 12.6 Å². The van der Waals surface area contributed by atoms with Gasteiger partial charge in [-0.2, -0.15) is 5.26 Å². The van der Waals surface area contributed by atoms with Gasteiger partial charge in [0.1, 0.15) is 29.8 Å². The first kappa shape index (κ1) is 17.2. The van der Waals surface area contributed by atoms with Gasteiger partial charge in [0.05, 0.1) is 6.61 Å². The molecular weight excluding hydrogens is 309 g/mol. The summed E-state index contributed by atoms with van der Waals surface area (Å²) in [5, 5.41) is 9.13. The predicted octanol–water partition coefficient (Wildman–Crippen LogP) is 3.87. The highest BCUT2D eigenvalue weighted by Gasteiger charge is 2.12. The summed E-state index contributed by atoms with van der Waals surface area (Å²) in [7, 11) is 0. The van der Waals surface area contributed by atoms with Crippen molar-refractivity contribution in [1.82, 2.24) is 0 Å². The number of carbonyl (C=O) groups is 1. The van der Waals surface area contributed by atoms with E-state index in [-0.39, 0.29) is 17.7 Å². The number of halogens is 1. The smallest absolute Gasteiger partial charge is 0.349 e. The standard InChI is InChI=1S/C19H16FNO3/c1-2-23-17-9-7-14(8-10-17)11-16(12-21)19(22)24-13-15-5-3-4-6-18(15)20/h3-11H,2,13H2,1H3/b16-11+. The van der Waals surface area contributed by atoms with Gasteiger partial charge >= 0.3 is 5.97 Å². The molecule has 0 spiro atoms. The molecule has 0 saturated carbocycles. The first-order valence-corrected chi connectivity index (χ1v) is 7.39. The maximum atomic E-state index is 13.5.